The summed E-state index contributed by atoms with van der Waals surface area (Å²) in [5.74, 6) is -2.55. The van der Waals surface area contributed by atoms with Gasteiger partial charge in [-0.3, -0.25) is 4.79 Å². The second-order valence-electron chi connectivity index (χ2n) is 7.11. The van der Waals surface area contributed by atoms with Crippen LogP contribution in [0.1, 0.15) is 56.1 Å². The summed E-state index contributed by atoms with van der Waals surface area (Å²) in [5.41, 5.74) is 0.0574. The zero-order valence-electron chi connectivity index (χ0n) is 14.5. The quantitative estimate of drug-likeness (QED) is 0.618. The number of benzene rings is 1. The van der Waals surface area contributed by atoms with Crippen LogP contribution in [-0.4, -0.2) is 24.1 Å². The summed E-state index contributed by atoms with van der Waals surface area (Å²) in [4.78, 5) is 11.6. The van der Waals surface area contributed by atoms with Gasteiger partial charge < -0.3 is 9.31 Å². The van der Waals surface area contributed by atoms with Crippen molar-refractivity contribution in [3.8, 4) is 0 Å². The molecule has 2 rings (SSSR count). The summed E-state index contributed by atoms with van der Waals surface area (Å²) < 4.78 is 39.3. The van der Waals surface area contributed by atoms with Gasteiger partial charge in [0, 0.05) is 0 Å². The summed E-state index contributed by atoms with van der Waals surface area (Å²) in [5, 5.41) is 0. The predicted octanol–water partition coefficient (Wildman–Crippen LogP) is 4.11. The second-order valence-corrected chi connectivity index (χ2v) is 7.11. The van der Waals surface area contributed by atoms with Crippen molar-refractivity contribution >= 4 is 12.9 Å². The summed E-state index contributed by atoms with van der Waals surface area (Å²) >= 11 is 0. The topological polar surface area (TPSA) is 35.5 Å². The van der Waals surface area contributed by atoms with Crippen molar-refractivity contribution in [2.75, 3.05) is 0 Å². The molecule has 0 N–H and O–H groups in total. The zero-order valence-corrected chi connectivity index (χ0v) is 14.5. The highest BCUT2D eigenvalue weighted by molar-refractivity contribution is 6.45. The maximum absolute atomic E-state index is 13.8. The Balaban J connectivity index is 2.18. The van der Waals surface area contributed by atoms with Crippen LogP contribution in [0.4, 0.5) is 8.78 Å². The Labute approximate surface area is 136 Å². The number of carbonyl (C=O) groups is 1. The molecule has 0 amide bonds. The number of halogens is 2. The molecule has 0 spiro atoms. The van der Waals surface area contributed by atoms with Gasteiger partial charge in [0.1, 0.15) is 0 Å². The molecular formula is C17H23BF2O3. The van der Waals surface area contributed by atoms with Crippen LogP contribution in [-0.2, 0) is 15.7 Å². The first-order valence-electron chi connectivity index (χ1n) is 7.80. The smallest absolute Gasteiger partial charge is 0.403 e. The molecule has 0 aromatic heterocycles. The summed E-state index contributed by atoms with van der Waals surface area (Å²) in [6.07, 6.45) is 0.955. The Morgan fingerprint density at radius 3 is 2.17 bits per heavy atom. The molecule has 0 aliphatic carbocycles. The highest BCUT2D eigenvalue weighted by atomic mass is 19.2. The summed E-state index contributed by atoms with van der Waals surface area (Å²) in [6, 6.07) is 1.16. The number of hydrogen-bond acceptors (Lipinski definition) is 3. The number of hydrogen-bond donors (Lipinski definition) is 0. The minimum absolute atomic E-state index is 0.172. The molecule has 126 valence electrons. The number of Topliss-reactive ketones (excluding diaryl/α,β-unsaturated/α-hetero) is 1. The van der Waals surface area contributed by atoms with E-state index in [1.807, 2.05) is 27.7 Å². The molecule has 0 saturated carbocycles. The Morgan fingerprint density at radius 1 is 1.17 bits per heavy atom. The van der Waals surface area contributed by atoms with Gasteiger partial charge in [0.15, 0.2) is 17.4 Å². The third kappa shape index (κ3) is 3.33. The molecule has 1 heterocycles. The average molecular weight is 324 g/mol. The fraction of sp³-hybridized carbons (Fsp3) is 0.588. The third-order valence-electron chi connectivity index (χ3n) is 4.89. The van der Waals surface area contributed by atoms with Crippen LogP contribution in [0.3, 0.4) is 0 Å². The predicted molar refractivity (Wildman–Crippen MR) is 85.7 cm³/mol. The largest absolute Gasteiger partial charge is 0.458 e. The van der Waals surface area contributed by atoms with Crippen molar-refractivity contribution in [2.45, 2.75) is 65.5 Å². The first-order valence-corrected chi connectivity index (χ1v) is 7.80. The van der Waals surface area contributed by atoms with E-state index in [4.69, 9.17) is 9.31 Å². The van der Waals surface area contributed by atoms with E-state index in [1.54, 1.807) is 6.92 Å². The zero-order chi connectivity index (χ0) is 17.6. The highest BCUT2D eigenvalue weighted by Gasteiger charge is 2.50. The molecule has 1 aliphatic heterocycles. The molecule has 0 unspecified atom stereocenters. The first-order chi connectivity index (χ1) is 10.5. The lowest BCUT2D eigenvalue weighted by atomic mass is 9.80. The van der Waals surface area contributed by atoms with Crippen molar-refractivity contribution in [3.63, 3.8) is 0 Å². The average Bonchev–Trinajstić information content (AvgIpc) is 2.60. The normalized spacial score (nSPS) is 19.2. The van der Waals surface area contributed by atoms with E-state index < -0.39 is 35.7 Å². The van der Waals surface area contributed by atoms with Crippen LogP contribution in [0.15, 0.2) is 6.07 Å². The molecule has 0 atom stereocenters. The highest BCUT2D eigenvalue weighted by Crippen LogP contribution is 2.38. The van der Waals surface area contributed by atoms with Crippen LogP contribution in [0.5, 0.6) is 0 Å². The SMILES string of the molecule is CC(=O)c1c(C)c(CCB2OC(C)(C)C(C)(C)O2)cc(F)c1F. The lowest BCUT2D eigenvalue weighted by molar-refractivity contribution is 0.00578. The van der Waals surface area contributed by atoms with Gasteiger partial charge in [0.05, 0.1) is 16.8 Å². The standard InChI is InChI=1S/C17H23BF2O3/c1-10-12(9-13(19)15(20)14(10)11(2)21)7-8-18-22-16(3,4)17(5,6)23-18/h9H,7-8H2,1-6H3. The van der Waals surface area contributed by atoms with E-state index in [0.717, 1.165) is 6.07 Å². The van der Waals surface area contributed by atoms with Crippen LogP contribution in [0, 0.1) is 18.6 Å². The van der Waals surface area contributed by atoms with Gasteiger partial charge in [-0.2, -0.15) is 0 Å². The van der Waals surface area contributed by atoms with E-state index in [2.05, 4.69) is 0 Å². The molecule has 1 saturated heterocycles. The molecule has 23 heavy (non-hydrogen) atoms. The Morgan fingerprint density at radius 2 is 1.70 bits per heavy atom. The Hall–Kier alpha value is -1.27. The number of rotatable bonds is 4. The maximum Gasteiger partial charge on any atom is 0.458 e. The van der Waals surface area contributed by atoms with Crippen LogP contribution < -0.4 is 0 Å². The molecular weight excluding hydrogens is 301 g/mol. The summed E-state index contributed by atoms with van der Waals surface area (Å²) in [6.45, 7) is 10.7. The monoisotopic (exact) mass is 324 g/mol. The third-order valence-corrected chi connectivity index (χ3v) is 4.89. The molecule has 1 fully saturated rings. The van der Waals surface area contributed by atoms with Gasteiger partial charge in [-0.25, -0.2) is 8.78 Å². The molecule has 0 bridgehead atoms. The van der Waals surface area contributed by atoms with Crippen LogP contribution in [0.25, 0.3) is 0 Å². The van der Waals surface area contributed by atoms with Gasteiger partial charge in [-0.15, -0.1) is 0 Å². The lowest BCUT2D eigenvalue weighted by Gasteiger charge is -2.32. The maximum atomic E-state index is 13.8. The van der Waals surface area contributed by atoms with Crippen molar-refractivity contribution in [1.29, 1.82) is 0 Å². The van der Waals surface area contributed by atoms with Gasteiger partial charge in [-0.05, 0) is 71.5 Å². The molecule has 0 radical (unpaired) electrons. The number of ketones is 1. The fourth-order valence-corrected chi connectivity index (χ4v) is 2.80. The van der Waals surface area contributed by atoms with Crippen molar-refractivity contribution in [2.24, 2.45) is 0 Å². The Kier molecular flexibility index (Phi) is 4.70. The molecule has 1 aliphatic rings. The fourth-order valence-electron chi connectivity index (χ4n) is 2.80. The van der Waals surface area contributed by atoms with E-state index in [1.165, 1.54) is 6.92 Å². The number of aryl methyl sites for hydroxylation is 1. The van der Waals surface area contributed by atoms with E-state index >= 15 is 0 Å². The summed E-state index contributed by atoms with van der Waals surface area (Å²) in [7, 11) is -0.409. The number of carbonyl (C=O) groups excluding carboxylic acids is 1. The second kappa shape index (κ2) is 5.98. The Bertz CT molecular complexity index is 625. The van der Waals surface area contributed by atoms with E-state index in [9.17, 15) is 13.6 Å². The minimum Gasteiger partial charge on any atom is -0.403 e. The van der Waals surface area contributed by atoms with Crippen LogP contribution >= 0.6 is 0 Å². The molecule has 6 heteroatoms. The minimum atomic E-state index is -1.07. The van der Waals surface area contributed by atoms with E-state index in [-0.39, 0.29) is 5.56 Å². The first kappa shape index (κ1) is 18.1. The van der Waals surface area contributed by atoms with Gasteiger partial charge in [0.25, 0.3) is 0 Å². The van der Waals surface area contributed by atoms with E-state index in [0.29, 0.717) is 23.9 Å². The molecule has 1 aromatic rings. The van der Waals surface area contributed by atoms with Crippen molar-refractivity contribution in [3.05, 3.63) is 34.4 Å². The van der Waals surface area contributed by atoms with Gasteiger partial charge >= 0.3 is 7.12 Å². The van der Waals surface area contributed by atoms with Crippen molar-refractivity contribution < 1.29 is 22.9 Å². The molecule has 1 aromatic carbocycles. The van der Waals surface area contributed by atoms with Gasteiger partial charge in [0.2, 0.25) is 0 Å². The molecule has 3 nitrogen and oxygen atoms in total. The van der Waals surface area contributed by atoms with Crippen LogP contribution in [0.2, 0.25) is 6.32 Å². The van der Waals surface area contributed by atoms with Crippen molar-refractivity contribution in [1.82, 2.24) is 0 Å². The van der Waals surface area contributed by atoms with Gasteiger partial charge in [-0.1, -0.05) is 0 Å². The lowest BCUT2D eigenvalue weighted by Crippen LogP contribution is -2.41.